The monoisotopic (exact) mass is 538 g/mol. The number of carbonyl (C=O) groups is 2. The molecule has 1 aliphatic heterocycles. The lowest BCUT2D eigenvalue weighted by Crippen LogP contribution is -2.37. The van der Waals surface area contributed by atoms with Gasteiger partial charge in [-0.05, 0) is 43.3 Å². The van der Waals surface area contributed by atoms with E-state index in [2.05, 4.69) is 30.9 Å². The van der Waals surface area contributed by atoms with Gasteiger partial charge >= 0.3 is 12.0 Å². The van der Waals surface area contributed by atoms with E-state index < -0.39 is 29.6 Å². The van der Waals surface area contributed by atoms with Crippen molar-refractivity contribution in [2.24, 2.45) is 4.99 Å². The van der Waals surface area contributed by atoms with Crippen LogP contribution in [0, 0.1) is 11.6 Å². The van der Waals surface area contributed by atoms with Gasteiger partial charge in [0.05, 0.1) is 11.1 Å². The van der Waals surface area contributed by atoms with Crippen LogP contribution in [0.25, 0.3) is 11.1 Å². The molecule has 1 amide bonds. The first-order valence-electron chi connectivity index (χ1n) is 11.0. The highest BCUT2D eigenvalue weighted by molar-refractivity contribution is 6.31. The van der Waals surface area contributed by atoms with Gasteiger partial charge in [-0.15, -0.1) is 0 Å². The molecule has 10 nitrogen and oxygen atoms in total. The highest BCUT2D eigenvalue weighted by Gasteiger charge is 2.31. The van der Waals surface area contributed by atoms with E-state index in [1.165, 1.54) is 48.7 Å². The summed E-state index contributed by atoms with van der Waals surface area (Å²) >= 11 is 6.32. The first-order chi connectivity index (χ1) is 18.2. The van der Waals surface area contributed by atoms with E-state index in [1.54, 1.807) is 6.92 Å². The fourth-order valence-corrected chi connectivity index (χ4v) is 4.12. The van der Waals surface area contributed by atoms with Crippen LogP contribution in [0.2, 0.25) is 5.02 Å². The van der Waals surface area contributed by atoms with E-state index in [0.717, 1.165) is 6.07 Å². The second-order valence-corrected chi connectivity index (χ2v) is 8.56. The summed E-state index contributed by atoms with van der Waals surface area (Å²) in [4.78, 5) is 37.4. The summed E-state index contributed by atoms with van der Waals surface area (Å²) in [7, 11) is 0. The van der Waals surface area contributed by atoms with E-state index in [4.69, 9.17) is 16.0 Å². The van der Waals surface area contributed by atoms with Crippen molar-refractivity contribution < 1.29 is 27.9 Å². The maximum atomic E-state index is 13.8. The molecule has 0 aliphatic carbocycles. The first-order valence-corrected chi connectivity index (χ1v) is 11.4. The van der Waals surface area contributed by atoms with E-state index in [0.29, 0.717) is 16.8 Å². The van der Waals surface area contributed by atoms with Crippen molar-refractivity contribution in [1.82, 2.24) is 15.3 Å². The third-order valence-corrected chi connectivity index (χ3v) is 5.89. The Morgan fingerprint density at radius 2 is 1.87 bits per heavy atom. The van der Waals surface area contributed by atoms with Crippen LogP contribution in [-0.4, -0.2) is 32.9 Å². The van der Waals surface area contributed by atoms with Crippen LogP contribution < -0.4 is 16.0 Å². The van der Waals surface area contributed by atoms with Crippen LogP contribution in [0.15, 0.2) is 75.4 Å². The van der Waals surface area contributed by atoms with Crippen molar-refractivity contribution in [2.45, 2.75) is 13.0 Å². The quantitative estimate of drug-likeness (QED) is 0.282. The predicted octanol–water partition coefficient (Wildman–Crippen LogP) is 4.88. The third-order valence-electron chi connectivity index (χ3n) is 5.57. The highest BCUT2D eigenvalue weighted by atomic mass is 35.5. The van der Waals surface area contributed by atoms with Gasteiger partial charge in [0.25, 0.3) is 5.91 Å². The van der Waals surface area contributed by atoms with Gasteiger partial charge in [-0.1, -0.05) is 17.7 Å². The summed E-state index contributed by atoms with van der Waals surface area (Å²) in [5.41, 5.74) is 1.35. The second kappa shape index (κ2) is 9.90. The molecule has 2 aromatic heterocycles. The molecular weight excluding hydrogens is 522 g/mol. The lowest BCUT2D eigenvalue weighted by Gasteiger charge is -2.27. The van der Waals surface area contributed by atoms with E-state index in [-0.39, 0.29) is 39.5 Å². The van der Waals surface area contributed by atoms with Crippen molar-refractivity contribution in [1.29, 1.82) is 0 Å². The fourth-order valence-electron chi connectivity index (χ4n) is 3.85. The average molecular weight is 539 g/mol. The number of fused-ring (bicyclic) bond motifs is 1. The molecule has 4 aromatic rings. The Kier molecular flexibility index (Phi) is 6.47. The summed E-state index contributed by atoms with van der Waals surface area (Å²) in [5, 5.41) is 17.6. The molecule has 1 atom stereocenters. The Balaban J connectivity index is 1.50. The summed E-state index contributed by atoms with van der Waals surface area (Å²) < 4.78 is 32.9. The van der Waals surface area contributed by atoms with Crippen molar-refractivity contribution >= 4 is 52.4 Å². The van der Waals surface area contributed by atoms with Gasteiger partial charge in [0, 0.05) is 28.5 Å². The molecule has 1 unspecified atom stereocenters. The molecule has 5 rings (SSSR count). The molecule has 3 heterocycles. The lowest BCUT2D eigenvalue weighted by molar-refractivity contribution is -0.113. The third kappa shape index (κ3) is 5.02. The molecule has 0 fully saturated rings. The molecule has 13 heteroatoms. The molecule has 2 aromatic carbocycles. The Labute approximate surface area is 218 Å². The average Bonchev–Trinajstić information content (AvgIpc) is 3.25. The number of carbonyl (C=O) groups excluding carboxylic acids is 1. The molecule has 192 valence electrons. The number of halogens is 3. The highest BCUT2D eigenvalue weighted by Crippen LogP contribution is 2.36. The summed E-state index contributed by atoms with van der Waals surface area (Å²) in [5.74, 6) is -2.76. The van der Waals surface area contributed by atoms with Gasteiger partial charge in [-0.3, -0.25) is 10.1 Å². The number of benzene rings is 2. The number of nitrogens with zero attached hydrogens (tertiary/aromatic N) is 3. The molecule has 0 bridgehead atoms. The Morgan fingerprint density at radius 1 is 1.11 bits per heavy atom. The molecule has 0 radical (unpaired) electrons. The summed E-state index contributed by atoms with van der Waals surface area (Å²) in [6, 6.07) is 9.06. The van der Waals surface area contributed by atoms with Crippen molar-refractivity contribution in [3.05, 3.63) is 93.8 Å². The number of nitrogens with one attached hydrogen (secondary N) is 3. The van der Waals surface area contributed by atoms with Crippen LogP contribution >= 0.6 is 11.6 Å². The number of oxazole rings is 1. The van der Waals surface area contributed by atoms with Gasteiger partial charge in [-0.2, -0.15) is 4.98 Å². The molecule has 4 N–H and O–H groups in total. The predicted molar refractivity (Wildman–Crippen MR) is 135 cm³/mol. The minimum Gasteiger partial charge on any atom is -0.478 e. The van der Waals surface area contributed by atoms with Crippen molar-refractivity contribution in [3.8, 4) is 0 Å². The minimum absolute atomic E-state index is 0.00534. The molecule has 38 heavy (non-hydrogen) atoms. The maximum Gasteiger partial charge on any atom is 0.335 e. The number of aromatic nitrogens is 2. The molecule has 1 aliphatic rings. The van der Waals surface area contributed by atoms with Crippen molar-refractivity contribution in [3.63, 3.8) is 0 Å². The van der Waals surface area contributed by atoms with E-state index >= 15 is 0 Å². The lowest BCUT2D eigenvalue weighted by atomic mass is 9.95. The zero-order chi connectivity index (χ0) is 27.0. The van der Waals surface area contributed by atoms with E-state index in [9.17, 15) is 23.5 Å². The van der Waals surface area contributed by atoms with Gasteiger partial charge < -0.3 is 20.2 Å². The number of hydrogen-bond donors (Lipinski definition) is 4. The Hall–Kier alpha value is -4.84. The topological polar surface area (TPSA) is 142 Å². The zero-order valence-electron chi connectivity index (χ0n) is 19.4. The molecular formula is C25H17ClF2N6O4. The number of anilines is 2. The van der Waals surface area contributed by atoms with Gasteiger partial charge in [-0.25, -0.2) is 23.6 Å². The standard InChI is InChI=1S/C25H17ClF2N6O4/c1-11-20(22(35)32-19-8-12(23(36)37)6-7-29-19)21(15-4-2-13(27)9-16(15)26)33-24(30-11)34-25-31-17-5-3-14(28)10-18(17)38-25/h2-10,21H,1H3,(H,36,37)(H,29,32,35)(H2,30,31,33,34). The number of guanidine groups is 1. The number of allylic oxidation sites excluding steroid dienone is 1. The number of rotatable bonds is 5. The Morgan fingerprint density at radius 3 is 2.63 bits per heavy atom. The van der Waals surface area contributed by atoms with Crippen LogP contribution in [-0.2, 0) is 4.79 Å². The summed E-state index contributed by atoms with van der Waals surface area (Å²) in [6.07, 6.45) is 1.25. The number of carboxylic acids is 1. The number of pyridine rings is 1. The fraction of sp³-hybridized carbons (Fsp3) is 0.0800. The van der Waals surface area contributed by atoms with Crippen LogP contribution in [0.4, 0.5) is 20.6 Å². The largest absolute Gasteiger partial charge is 0.478 e. The van der Waals surface area contributed by atoms with Gasteiger partial charge in [0.1, 0.15) is 29.0 Å². The molecule has 0 saturated heterocycles. The Bertz CT molecular complexity index is 1670. The maximum absolute atomic E-state index is 13.8. The number of hydrogen-bond acceptors (Lipinski definition) is 8. The molecule has 0 saturated carbocycles. The summed E-state index contributed by atoms with van der Waals surface area (Å²) in [6.45, 7) is 1.61. The van der Waals surface area contributed by atoms with Crippen LogP contribution in [0.5, 0.6) is 0 Å². The number of aliphatic imine (C=N–C) groups is 1. The molecule has 0 spiro atoms. The SMILES string of the molecule is CC1=C(C(=O)Nc2cc(C(=O)O)ccn2)C(c2ccc(F)cc2Cl)N=C(Nc2nc3ccc(F)cc3o2)N1. The van der Waals surface area contributed by atoms with Gasteiger partial charge in [0.15, 0.2) is 5.58 Å². The second-order valence-electron chi connectivity index (χ2n) is 8.15. The van der Waals surface area contributed by atoms with Crippen LogP contribution in [0.1, 0.15) is 28.9 Å². The number of carboxylic acid groups (broad SMARTS) is 1. The van der Waals surface area contributed by atoms with Crippen molar-refractivity contribution in [2.75, 3.05) is 10.6 Å². The first kappa shape index (κ1) is 24.8. The van der Waals surface area contributed by atoms with Crippen LogP contribution in [0.3, 0.4) is 0 Å². The number of aromatic carboxylic acids is 1. The normalized spacial score (nSPS) is 15.2. The van der Waals surface area contributed by atoms with E-state index in [1.807, 2.05) is 0 Å². The number of amides is 1. The minimum atomic E-state index is -1.18. The smallest absolute Gasteiger partial charge is 0.335 e. The van der Waals surface area contributed by atoms with Gasteiger partial charge in [0.2, 0.25) is 5.96 Å². The zero-order valence-corrected chi connectivity index (χ0v) is 20.2.